The summed E-state index contributed by atoms with van der Waals surface area (Å²) in [6, 6.07) is 10.3. The van der Waals surface area contributed by atoms with E-state index in [0.29, 0.717) is 0 Å². The number of nitrogens with zero attached hydrogens (tertiary/aromatic N) is 2. The maximum absolute atomic E-state index is 4.51. The van der Waals surface area contributed by atoms with Crippen molar-refractivity contribution in [2.24, 2.45) is 5.10 Å². The Hall–Kier alpha value is -1.72. The second kappa shape index (κ2) is 5.34. The number of hydrazone groups is 1. The summed E-state index contributed by atoms with van der Waals surface area (Å²) in [5.41, 5.74) is 6.28. The van der Waals surface area contributed by atoms with Crippen molar-refractivity contribution in [3.63, 3.8) is 0 Å². The molecule has 1 aromatic carbocycles. The molecule has 5 heteroatoms. The number of benzene rings is 1. The van der Waals surface area contributed by atoms with E-state index < -0.39 is 0 Å². The van der Waals surface area contributed by atoms with E-state index in [-0.39, 0.29) is 0 Å². The Labute approximate surface area is 126 Å². The molecule has 3 aromatic rings. The lowest BCUT2D eigenvalue weighted by Gasteiger charge is -1.99. The highest BCUT2D eigenvalue weighted by Gasteiger charge is 2.06. The lowest BCUT2D eigenvalue weighted by Crippen LogP contribution is -1.99. The van der Waals surface area contributed by atoms with Gasteiger partial charge in [0.05, 0.1) is 15.9 Å². The normalized spacial score (nSPS) is 12.1. The smallest absolute Gasteiger partial charge is 0.204 e. The number of aryl methyl sites for hydroxylation is 2. The van der Waals surface area contributed by atoms with Crippen LogP contribution < -0.4 is 5.43 Å². The first-order valence-corrected chi connectivity index (χ1v) is 8.00. The predicted octanol–water partition coefficient (Wildman–Crippen LogP) is 4.81. The van der Waals surface area contributed by atoms with Crippen LogP contribution in [0.15, 0.2) is 35.4 Å². The zero-order valence-electron chi connectivity index (χ0n) is 11.6. The molecule has 0 saturated heterocycles. The molecule has 102 valence electrons. The third kappa shape index (κ3) is 2.59. The lowest BCUT2D eigenvalue weighted by atomic mass is 10.2. The molecule has 0 amide bonds. The van der Waals surface area contributed by atoms with Crippen molar-refractivity contribution in [1.29, 1.82) is 0 Å². The molecule has 0 bridgehead atoms. The van der Waals surface area contributed by atoms with E-state index in [2.05, 4.69) is 41.5 Å². The summed E-state index contributed by atoms with van der Waals surface area (Å²) in [6.45, 7) is 6.27. The van der Waals surface area contributed by atoms with Gasteiger partial charge in [-0.1, -0.05) is 23.5 Å². The number of para-hydroxylation sites is 1. The van der Waals surface area contributed by atoms with Gasteiger partial charge in [0.1, 0.15) is 0 Å². The molecule has 3 rings (SSSR count). The zero-order chi connectivity index (χ0) is 14.1. The SMILES string of the molecule is C/C(=N\Nc1nc2ccccc2s1)c1cc(C)sc1C. The van der Waals surface area contributed by atoms with Crippen molar-refractivity contribution >= 4 is 43.7 Å². The van der Waals surface area contributed by atoms with Gasteiger partial charge in [-0.25, -0.2) is 4.98 Å². The van der Waals surface area contributed by atoms with Gasteiger partial charge in [0.25, 0.3) is 0 Å². The third-order valence-electron chi connectivity index (χ3n) is 3.04. The van der Waals surface area contributed by atoms with E-state index >= 15 is 0 Å². The molecule has 0 aliphatic carbocycles. The Morgan fingerprint density at radius 3 is 2.70 bits per heavy atom. The minimum atomic E-state index is 0.829. The van der Waals surface area contributed by atoms with Crippen molar-refractivity contribution < 1.29 is 0 Å². The van der Waals surface area contributed by atoms with E-state index in [4.69, 9.17) is 0 Å². The maximum Gasteiger partial charge on any atom is 0.204 e. The van der Waals surface area contributed by atoms with Crippen molar-refractivity contribution in [2.45, 2.75) is 20.8 Å². The molecular weight excluding hydrogens is 286 g/mol. The van der Waals surface area contributed by atoms with Crippen LogP contribution in [0.3, 0.4) is 0 Å². The number of thiazole rings is 1. The summed E-state index contributed by atoms with van der Waals surface area (Å²) in [6.07, 6.45) is 0. The van der Waals surface area contributed by atoms with Gasteiger partial charge in [0, 0.05) is 15.3 Å². The minimum Gasteiger partial charge on any atom is -0.252 e. The van der Waals surface area contributed by atoms with Gasteiger partial charge >= 0.3 is 0 Å². The fraction of sp³-hybridized carbons (Fsp3) is 0.200. The number of thiophene rings is 1. The van der Waals surface area contributed by atoms with Crippen molar-refractivity contribution in [3.05, 3.63) is 45.6 Å². The van der Waals surface area contributed by atoms with Crippen LogP contribution in [0.2, 0.25) is 0 Å². The Morgan fingerprint density at radius 2 is 2.00 bits per heavy atom. The van der Waals surface area contributed by atoms with Gasteiger partial charge in [-0.05, 0) is 39.0 Å². The summed E-state index contributed by atoms with van der Waals surface area (Å²) in [7, 11) is 0. The number of hydrogen-bond acceptors (Lipinski definition) is 5. The van der Waals surface area contributed by atoms with Gasteiger partial charge in [0.2, 0.25) is 5.13 Å². The summed E-state index contributed by atoms with van der Waals surface area (Å²) in [5.74, 6) is 0. The quantitative estimate of drug-likeness (QED) is 0.557. The molecule has 0 aliphatic rings. The highest BCUT2D eigenvalue weighted by molar-refractivity contribution is 7.22. The Kier molecular flexibility index (Phi) is 3.54. The van der Waals surface area contributed by atoms with Crippen LogP contribution in [-0.2, 0) is 0 Å². The maximum atomic E-state index is 4.51. The van der Waals surface area contributed by atoms with Crippen LogP contribution >= 0.6 is 22.7 Å². The minimum absolute atomic E-state index is 0.829. The molecule has 2 aromatic heterocycles. The van der Waals surface area contributed by atoms with Crippen molar-refractivity contribution in [1.82, 2.24) is 4.98 Å². The number of anilines is 1. The average Bonchev–Trinajstić information content (AvgIpc) is 2.98. The standard InChI is InChI=1S/C15H15N3S2/c1-9-8-12(11(3)19-9)10(2)17-18-15-16-13-6-4-5-7-14(13)20-15/h4-8H,1-3H3,(H,16,18)/b17-10+. The second-order valence-electron chi connectivity index (χ2n) is 4.62. The molecule has 0 fully saturated rings. The molecule has 2 heterocycles. The summed E-state index contributed by atoms with van der Waals surface area (Å²) >= 11 is 3.42. The van der Waals surface area contributed by atoms with E-state index in [1.54, 1.807) is 22.7 Å². The zero-order valence-corrected chi connectivity index (χ0v) is 13.2. The summed E-state index contributed by atoms with van der Waals surface area (Å²) < 4.78 is 1.17. The number of nitrogens with one attached hydrogen (secondary N) is 1. The molecule has 20 heavy (non-hydrogen) atoms. The Balaban J connectivity index is 1.84. The van der Waals surface area contributed by atoms with Gasteiger partial charge in [-0.3, -0.25) is 5.43 Å². The molecule has 3 nitrogen and oxygen atoms in total. The highest BCUT2D eigenvalue weighted by atomic mass is 32.1. The van der Waals surface area contributed by atoms with Crippen LogP contribution in [0.4, 0.5) is 5.13 Å². The van der Waals surface area contributed by atoms with E-state index in [9.17, 15) is 0 Å². The van der Waals surface area contributed by atoms with Gasteiger partial charge < -0.3 is 0 Å². The molecule has 0 saturated carbocycles. The number of rotatable bonds is 3. The van der Waals surface area contributed by atoms with E-state index in [1.165, 1.54) is 20.0 Å². The number of hydrogen-bond donors (Lipinski definition) is 1. The van der Waals surface area contributed by atoms with Crippen LogP contribution in [-0.4, -0.2) is 10.7 Å². The first-order valence-electron chi connectivity index (χ1n) is 6.37. The summed E-state index contributed by atoms with van der Waals surface area (Å²) in [5, 5.41) is 5.28. The number of fused-ring (bicyclic) bond motifs is 1. The molecular formula is C15H15N3S2. The van der Waals surface area contributed by atoms with Crippen LogP contribution in [0.25, 0.3) is 10.2 Å². The largest absolute Gasteiger partial charge is 0.252 e. The van der Waals surface area contributed by atoms with Crippen LogP contribution in [0.5, 0.6) is 0 Å². The Morgan fingerprint density at radius 1 is 1.20 bits per heavy atom. The van der Waals surface area contributed by atoms with Crippen LogP contribution in [0, 0.1) is 13.8 Å². The second-order valence-corrected chi connectivity index (χ2v) is 7.11. The lowest BCUT2D eigenvalue weighted by molar-refractivity contribution is 1.29. The fourth-order valence-corrected chi connectivity index (χ4v) is 3.89. The third-order valence-corrected chi connectivity index (χ3v) is 4.95. The molecule has 0 atom stereocenters. The average molecular weight is 301 g/mol. The van der Waals surface area contributed by atoms with E-state index in [1.807, 2.05) is 25.1 Å². The van der Waals surface area contributed by atoms with E-state index in [0.717, 1.165) is 16.4 Å². The van der Waals surface area contributed by atoms with Crippen LogP contribution in [0.1, 0.15) is 22.2 Å². The molecule has 1 N–H and O–H groups in total. The highest BCUT2D eigenvalue weighted by Crippen LogP contribution is 2.26. The molecule has 0 spiro atoms. The molecule has 0 unspecified atom stereocenters. The molecule has 0 radical (unpaired) electrons. The van der Waals surface area contributed by atoms with Gasteiger partial charge in [-0.2, -0.15) is 5.10 Å². The fourth-order valence-electron chi connectivity index (χ4n) is 2.10. The Bertz CT molecular complexity index is 750. The first kappa shape index (κ1) is 13.3. The first-order chi connectivity index (χ1) is 9.63. The van der Waals surface area contributed by atoms with Gasteiger partial charge in [0.15, 0.2) is 0 Å². The van der Waals surface area contributed by atoms with Crippen molar-refractivity contribution in [2.75, 3.05) is 5.43 Å². The summed E-state index contributed by atoms with van der Waals surface area (Å²) in [4.78, 5) is 7.12. The predicted molar refractivity (Wildman–Crippen MR) is 89.2 cm³/mol. The number of aromatic nitrogens is 1. The topological polar surface area (TPSA) is 37.3 Å². The molecule has 0 aliphatic heterocycles. The monoisotopic (exact) mass is 301 g/mol. The van der Waals surface area contributed by atoms with Gasteiger partial charge in [-0.15, -0.1) is 11.3 Å². The van der Waals surface area contributed by atoms with Crippen molar-refractivity contribution in [3.8, 4) is 0 Å².